The van der Waals surface area contributed by atoms with Crippen molar-refractivity contribution in [3.63, 3.8) is 0 Å². The minimum absolute atomic E-state index is 0.637. The van der Waals surface area contributed by atoms with Gasteiger partial charge in [-0.15, -0.1) is 0 Å². The molecule has 0 aliphatic heterocycles. The molecule has 1 heterocycles. The molecule has 0 aliphatic carbocycles. The molecule has 2 rings (SSSR count). The van der Waals surface area contributed by atoms with Gasteiger partial charge in [-0.05, 0) is 39.0 Å². The van der Waals surface area contributed by atoms with E-state index in [-0.39, 0.29) is 0 Å². The van der Waals surface area contributed by atoms with Crippen LogP contribution in [-0.2, 0) is 6.54 Å². The molecule has 1 aromatic heterocycles. The second kappa shape index (κ2) is 6.45. The number of hydrogen-bond acceptors (Lipinski definition) is 5. The Morgan fingerprint density at radius 3 is 2.84 bits per heavy atom. The predicted octanol–water partition coefficient (Wildman–Crippen LogP) is 1.83. The number of nitrogens with two attached hydrogens (primary N) is 1. The van der Waals surface area contributed by atoms with Crippen molar-refractivity contribution in [2.45, 2.75) is 19.9 Å². The van der Waals surface area contributed by atoms with E-state index in [4.69, 9.17) is 10.3 Å². The minimum Gasteiger partial charge on any atom is -0.338 e. The Kier molecular flexibility index (Phi) is 4.65. The fraction of sp³-hybridized carbons (Fsp3) is 0.429. The van der Waals surface area contributed by atoms with Crippen LogP contribution in [0.2, 0.25) is 0 Å². The van der Waals surface area contributed by atoms with Crippen molar-refractivity contribution >= 4 is 0 Å². The molecule has 0 saturated heterocycles. The van der Waals surface area contributed by atoms with Crippen LogP contribution in [0.5, 0.6) is 0 Å². The van der Waals surface area contributed by atoms with Gasteiger partial charge in [0.15, 0.2) is 0 Å². The van der Waals surface area contributed by atoms with Gasteiger partial charge in [0.2, 0.25) is 11.7 Å². The lowest BCUT2D eigenvalue weighted by atomic mass is 10.1. The number of aromatic nitrogens is 2. The third kappa shape index (κ3) is 3.62. The molecule has 0 atom stereocenters. The average Bonchev–Trinajstić information content (AvgIpc) is 2.85. The normalized spacial score (nSPS) is 11.2. The fourth-order valence-electron chi connectivity index (χ4n) is 1.92. The smallest absolute Gasteiger partial charge is 0.241 e. The predicted molar refractivity (Wildman–Crippen MR) is 74.5 cm³/mol. The van der Waals surface area contributed by atoms with Crippen molar-refractivity contribution in [2.24, 2.45) is 5.73 Å². The van der Waals surface area contributed by atoms with E-state index in [0.717, 1.165) is 24.1 Å². The summed E-state index contributed by atoms with van der Waals surface area (Å²) in [6.07, 6.45) is 0.968. The summed E-state index contributed by atoms with van der Waals surface area (Å²) in [6.45, 7) is 4.32. The van der Waals surface area contributed by atoms with E-state index < -0.39 is 0 Å². The first-order valence-corrected chi connectivity index (χ1v) is 6.48. The van der Waals surface area contributed by atoms with Crippen molar-refractivity contribution in [1.82, 2.24) is 15.0 Å². The fourth-order valence-corrected chi connectivity index (χ4v) is 1.92. The van der Waals surface area contributed by atoms with Crippen LogP contribution in [-0.4, -0.2) is 35.2 Å². The van der Waals surface area contributed by atoms with Crippen molar-refractivity contribution in [3.05, 3.63) is 35.7 Å². The first kappa shape index (κ1) is 13.7. The standard InChI is InChI=1S/C14H20N4O/c1-11-6-3-4-7-12(11)14-16-13(19-17-14)10-18(2)9-5-8-15/h3-4,6-7H,5,8-10,15H2,1-2H3. The van der Waals surface area contributed by atoms with E-state index in [0.29, 0.717) is 24.8 Å². The molecule has 1 aromatic carbocycles. The van der Waals surface area contributed by atoms with Gasteiger partial charge in [0.25, 0.3) is 0 Å². The molecule has 0 unspecified atom stereocenters. The zero-order valence-electron chi connectivity index (χ0n) is 11.5. The van der Waals surface area contributed by atoms with Crippen LogP contribution in [0, 0.1) is 6.92 Å². The summed E-state index contributed by atoms with van der Waals surface area (Å²) in [5, 5.41) is 4.04. The molecule has 0 saturated carbocycles. The van der Waals surface area contributed by atoms with Gasteiger partial charge in [0.05, 0.1) is 6.54 Å². The largest absolute Gasteiger partial charge is 0.338 e. The molecule has 5 nitrogen and oxygen atoms in total. The third-order valence-corrected chi connectivity index (χ3v) is 3.00. The highest BCUT2D eigenvalue weighted by molar-refractivity contribution is 5.58. The second-order valence-electron chi connectivity index (χ2n) is 4.71. The van der Waals surface area contributed by atoms with Crippen molar-refractivity contribution < 1.29 is 4.52 Å². The van der Waals surface area contributed by atoms with Gasteiger partial charge >= 0.3 is 0 Å². The molecule has 0 aliphatic rings. The van der Waals surface area contributed by atoms with Crippen molar-refractivity contribution in [1.29, 1.82) is 0 Å². The summed E-state index contributed by atoms with van der Waals surface area (Å²) < 4.78 is 5.29. The highest BCUT2D eigenvalue weighted by Crippen LogP contribution is 2.19. The molecule has 2 aromatic rings. The Morgan fingerprint density at radius 1 is 1.32 bits per heavy atom. The Bertz CT molecular complexity index is 524. The molecular weight excluding hydrogens is 240 g/mol. The molecular formula is C14H20N4O. The molecule has 0 amide bonds. The van der Waals surface area contributed by atoms with Crippen LogP contribution in [0.4, 0.5) is 0 Å². The Morgan fingerprint density at radius 2 is 2.11 bits per heavy atom. The summed E-state index contributed by atoms with van der Waals surface area (Å²) in [7, 11) is 2.02. The first-order chi connectivity index (χ1) is 9.20. The second-order valence-corrected chi connectivity index (χ2v) is 4.71. The highest BCUT2D eigenvalue weighted by Gasteiger charge is 2.11. The van der Waals surface area contributed by atoms with Gasteiger partial charge in [0.1, 0.15) is 0 Å². The molecule has 2 N–H and O–H groups in total. The van der Waals surface area contributed by atoms with Gasteiger partial charge < -0.3 is 10.3 Å². The van der Waals surface area contributed by atoms with Gasteiger partial charge in [-0.3, -0.25) is 4.90 Å². The molecule has 0 bridgehead atoms. The maximum absolute atomic E-state index is 5.49. The molecule has 0 spiro atoms. The van der Waals surface area contributed by atoms with Gasteiger partial charge in [-0.2, -0.15) is 4.98 Å². The van der Waals surface area contributed by atoms with E-state index in [2.05, 4.69) is 15.0 Å². The van der Waals surface area contributed by atoms with Crippen LogP contribution in [0.1, 0.15) is 17.9 Å². The first-order valence-electron chi connectivity index (χ1n) is 6.48. The van der Waals surface area contributed by atoms with Crippen LogP contribution in [0.15, 0.2) is 28.8 Å². The zero-order chi connectivity index (χ0) is 13.7. The number of rotatable bonds is 6. The van der Waals surface area contributed by atoms with Crippen LogP contribution in [0.3, 0.4) is 0 Å². The number of benzene rings is 1. The zero-order valence-corrected chi connectivity index (χ0v) is 11.5. The maximum Gasteiger partial charge on any atom is 0.241 e. The Labute approximate surface area is 113 Å². The number of nitrogens with zero attached hydrogens (tertiary/aromatic N) is 3. The molecule has 0 radical (unpaired) electrons. The Balaban J connectivity index is 2.05. The topological polar surface area (TPSA) is 68.2 Å². The van der Waals surface area contributed by atoms with Gasteiger partial charge in [-0.25, -0.2) is 0 Å². The van der Waals surface area contributed by atoms with E-state index in [1.807, 2.05) is 38.2 Å². The molecule has 102 valence electrons. The molecule has 5 heteroatoms. The lowest BCUT2D eigenvalue weighted by Gasteiger charge is -2.12. The van der Waals surface area contributed by atoms with Crippen LogP contribution in [0.25, 0.3) is 11.4 Å². The average molecular weight is 260 g/mol. The summed E-state index contributed by atoms with van der Waals surface area (Å²) in [4.78, 5) is 6.57. The van der Waals surface area contributed by atoms with E-state index in [1.54, 1.807) is 0 Å². The van der Waals surface area contributed by atoms with E-state index >= 15 is 0 Å². The van der Waals surface area contributed by atoms with Crippen LogP contribution >= 0.6 is 0 Å². The van der Waals surface area contributed by atoms with Gasteiger partial charge in [0, 0.05) is 5.56 Å². The number of hydrogen-bond donors (Lipinski definition) is 1. The monoisotopic (exact) mass is 260 g/mol. The van der Waals surface area contributed by atoms with E-state index in [1.165, 1.54) is 0 Å². The summed E-state index contributed by atoms with van der Waals surface area (Å²) >= 11 is 0. The van der Waals surface area contributed by atoms with Gasteiger partial charge in [-0.1, -0.05) is 29.4 Å². The summed E-state index contributed by atoms with van der Waals surface area (Å²) in [5.74, 6) is 1.29. The highest BCUT2D eigenvalue weighted by atomic mass is 16.5. The minimum atomic E-state index is 0.637. The van der Waals surface area contributed by atoms with E-state index in [9.17, 15) is 0 Å². The summed E-state index contributed by atoms with van der Waals surface area (Å²) in [6, 6.07) is 8.02. The SMILES string of the molecule is Cc1ccccc1-c1noc(CN(C)CCCN)n1. The molecule has 0 fully saturated rings. The molecule has 19 heavy (non-hydrogen) atoms. The number of aryl methyl sites for hydroxylation is 1. The van der Waals surface area contributed by atoms with Crippen LogP contribution < -0.4 is 5.73 Å². The van der Waals surface area contributed by atoms with Crippen molar-refractivity contribution in [3.8, 4) is 11.4 Å². The quantitative estimate of drug-likeness (QED) is 0.858. The van der Waals surface area contributed by atoms with Crippen molar-refractivity contribution in [2.75, 3.05) is 20.1 Å². The Hall–Kier alpha value is -1.72. The lowest BCUT2D eigenvalue weighted by Crippen LogP contribution is -2.21. The lowest BCUT2D eigenvalue weighted by molar-refractivity contribution is 0.265. The third-order valence-electron chi connectivity index (χ3n) is 3.00. The maximum atomic E-state index is 5.49. The summed E-state index contributed by atoms with van der Waals surface area (Å²) in [5.41, 5.74) is 7.65.